The number of amides is 2. The molecule has 0 aliphatic heterocycles. The molecular weight excluding hydrogens is 231 g/mol. The van der Waals surface area contributed by atoms with Crippen molar-refractivity contribution in [2.75, 3.05) is 5.32 Å². The maximum Gasteiger partial charge on any atom is 0.323 e. The summed E-state index contributed by atoms with van der Waals surface area (Å²) in [6, 6.07) is 5.71. The van der Waals surface area contributed by atoms with Gasteiger partial charge in [0.25, 0.3) is 0 Å². The fraction of sp³-hybridized carbons (Fsp3) is 0.357. The Bertz CT molecular complexity index is 449. The summed E-state index contributed by atoms with van der Waals surface area (Å²) in [4.78, 5) is 11.6. The summed E-state index contributed by atoms with van der Waals surface area (Å²) < 4.78 is 13.3. The maximum atomic E-state index is 13.3. The number of carbonyl (C=O) groups excluding carboxylic acids is 1. The molecule has 0 spiro atoms. The van der Waals surface area contributed by atoms with Gasteiger partial charge >= 0.3 is 6.03 Å². The van der Waals surface area contributed by atoms with Gasteiger partial charge in [-0.3, -0.25) is 0 Å². The molecule has 96 valence electrons. The van der Waals surface area contributed by atoms with Gasteiger partial charge in [0.1, 0.15) is 5.82 Å². The largest absolute Gasteiger partial charge is 0.323 e. The highest BCUT2D eigenvalue weighted by Gasteiger charge is 2.07. The molecule has 0 atom stereocenters. The van der Waals surface area contributed by atoms with Gasteiger partial charge in [0.15, 0.2) is 0 Å². The van der Waals surface area contributed by atoms with E-state index in [9.17, 15) is 9.18 Å². The Labute approximate surface area is 106 Å². The van der Waals surface area contributed by atoms with Crippen LogP contribution in [0, 0.1) is 5.82 Å². The quantitative estimate of drug-likeness (QED) is 0.821. The van der Waals surface area contributed by atoms with E-state index in [2.05, 4.69) is 10.6 Å². The van der Waals surface area contributed by atoms with Crippen molar-refractivity contribution in [2.24, 2.45) is 0 Å². The van der Waals surface area contributed by atoms with E-state index in [0.29, 0.717) is 0 Å². The van der Waals surface area contributed by atoms with E-state index in [0.717, 1.165) is 12.8 Å². The third-order valence-electron chi connectivity index (χ3n) is 3.03. The SMILES string of the molecule is O=C(NC=C1CCCCC1)Nc1ccccc1F. The van der Waals surface area contributed by atoms with Gasteiger partial charge in [0, 0.05) is 6.20 Å². The average Bonchev–Trinajstić information content (AvgIpc) is 2.40. The smallest absolute Gasteiger partial charge is 0.314 e. The summed E-state index contributed by atoms with van der Waals surface area (Å²) in [5, 5.41) is 5.13. The number of urea groups is 1. The molecule has 1 saturated carbocycles. The van der Waals surface area contributed by atoms with Crippen LogP contribution >= 0.6 is 0 Å². The van der Waals surface area contributed by atoms with Gasteiger partial charge in [-0.05, 0) is 37.8 Å². The van der Waals surface area contributed by atoms with Crippen molar-refractivity contribution >= 4 is 11.7 Å². The monoisotopic (exact) mass is 248 g/mol. The van der Waals surface area contributed by atoms with Crippen molar-refractivity contribution in [2.45, 2.75) is 32.1 Å². The van der Waals surface area contributed by atoms with E-state index >= 15 is 0 Å². The summed E-state index contributed by atoms with van der Waals surface area (Å²) >= 11 is 0. The van der Waals surface area contributed by atoms with Crippen LogP contribution in [0.15, 0.2) is 36.0 Å². The molecule has 2 N–H and O–H groups in total. The lowest BCUT2D eigenvalue weighted by molar-refractivity contribution is 0.255. The number of carbonyl (C=O) groups is 1. The predicted octanol–water partition coefficient (Wildman–Crippen LogP) is 3.80. The van der Waals surface area contributed by atoms with Crippen LogP contribution in [0.3, 0.4) is 0 Å². The number of hydrogen-bond donors (Lipinski definition) is 2. The van der Waals surface area contributed by atoms with Gasteiger partial charge in [-0.15, -0.1) is 0 Å². The lowest BCUT2D eigenvalue weighted by Crippen LogP contribution is -2.25. The van der Waals surface area contributed by atoms with Gasteiger partial charge < -0.3 is 10.6 Å². The van der Waals surface area contributed by atoms with Crippen molar-refractivity contribution in [3.05, 3.63) is 41.9 Å². The second kappa shape index (κ2) is 6.19. The van der Waals surface area contributed by atoms with E-state index < -0.39 is 11.8 Å². The molecule has 1 aliphatic rings. The van der Waals surface area contributed by atoms with Crippen LogP contribution in [-0.2, 0) is 0 Å². The van der Waals surface area contributed by atoms with Crippen molar-refractivity contribution in [1.82, 2.24) is 5.32 Å². The Kier molecular flexibility index (Phi) is 4.34. The molecule has 1 aromatic rings. The van der Waals surface area contributed by atoms with E-state index in [1.165, 1.54) is 37.0 Å². The second-order valence-electron chi connectivity index (χ2n) is 4.44. The molecule has 18 heavy (non-hydrogen) atoms. The third-order valence-corrected chi connectivity index (χ3v) is 3.03. The highest BCUT2D eigenvalue weighted by molar-refractivity contribution is 5.90. The molecule has 0 unspecified atom stereocenters. The number of para-hydroxylation sites is 1. The molecule has 0 heterocycles. The van der Waals surface area contributed by atoms with Gasteiger partial charge in [0.2, 0.25) is 0 Å². The molecule has 0 aromatic heterocycles. The van der Waals surface area contributed by atoms with Crippen molar-refractivity contribution in [3.8, 4) is 0 Å². The standard InChI is InChI=1S/C14H17FN2O/c15-12-8-4-5-9-13(12)17-14(18)16-10-11-6-2-1-3-7-11/h4-5,8-10H,1-3,6-7H2,(H2,16,17,18). The first kappa shape index (κ1) is 12.6. The Balaban J connectivity index is 1.87. The van der Waals surface area contributed by atoms with Crippen molar-refractivity contribution in [3.63, 3.8) is 0 Å². The molecule has 1 aromatic carbocycles. The first-order chi connectivity index (χ1) is 8.75. The fourth-order valence-electron chi connectivity index (χ4n) is 2.04. The summed E-state index contributed by atoms with van der Waals surface area (Å²) in [5.74, 6) is -0.432. The highest BCUT2D eigenvalue weighted by atomic mass is 19.1. The van der Waals surface area contributed by atoms with Gasteiger partial charge in [-0.25, -0.2) is 9.18 Å². The van der Waals surface area contributed by atoms with Crippen LogP contribution in [0.4, 0.5) is 14.9 Å². The molecule has 0 radical (unpaired) electrons. The Morgan fingerprint density at radius 1 is 1.17 bits per heavy atom. The van der Waals surface area contributed by atoms with E-state index in [4.69, 9.17) is 0 Å². The van der Waals surface area contributed by atoms with Crippen molar-refractivity contribution < 1.29 is 9.18 Å². The molecule has 1 aliphatic carbocycles. The zero-order valence-corrected chi connectivity index (χ0v) is 10.2. The minimum absolute atomic E-state index is 0.192. The fourth-order valence-corrected chi connectivity index (χ4v) is 2.04. The predicted molar refractivity (Wildman–Crippen MR) is 69.7 cm³/mol. The Morgan fingerprint density at radius 3 is 2.61 bits per heavy atom. The lowest BCUT2D eigenvalue weighted by Gasteiger charge is -2.13. The molecular formula is C14H17FN2O. The topological polar surface area (TPSA) is 41.1 Å². The first-order valence-electron chi connectivity index (χ1n) is 6.25. The van der Waals surface area contributed by atoms with Crippen LogP contribution in [0.5, 0.6) is 0 Å². The summed E-state index contributed by atoms with van der Waals surface area (Å²) in [6.07, 6.45) is 7.46. The normalized spacial score (nSPS) is 15.1. The summed E-state index contributed by atoms with van der Waals surface area (Å²) in [7, 11) is 0. The zero-order valence-electron chi connectivity index (χ0n) is 10.2. The molecule has 1 fully saturated rings. The van der Waals surface area contributed by atoms with Gasteiger partial charge in [-0.1, -0.05) is 24.1 Å². The molecule has 2 rings (SSSR count). The van der Waals surface area contributed by atoms with E-state index in [1.807, 2.05) is 0 Å². The lowest BCUT2D eigenvalue weighted by atomic mass is 9.96. The van der Waals surface area contributed by atoms with E-state index in [-0.39, 0.29) is 5.69 Å². The van der Waals surface area contributed by atoms with Gasteiger partial charge in [-0.2, -0.15) is 0 Å². The van der Waals surface area contributed by atoms with Crippen LogP contribution in [0.2, 0.25) is 0 Å². The van der Waals surface area contributed by atoms with Crippen LogP contribution < -0.4 is 10.6 Å². The molecule has 4 heteroatoms. The van der Waals surface area contributed by atoms with Crippen LogP contribution in [0.25, 0.3) is 0 Å². The molecule has 3 nitrogen and oxygen atoms in total. The van der Waals surface area contributed by atoms with Crippen molar-refractivity contribution in [1.29, 1.82) is 0 Å². The van der Waals surface area contributed by atoms with E-state index in [1.54, 1.807) is 18.3 Å². The Morgan fingerprint density at radius 2 is 1.89 bits per heavy atom. The molecule has 0 bridgehead atoms. The number of nitrogens with one attached hydrogen (secondary N) is 2. The highest BCUT2D eigenvalue weighted by Crippen LogP contribution is 2.21. The van der Waals surface area contributed by atoms with Crippen LogP contribution in [-0.4, -0.2) is 6.03 Å². The first-order valence-corrected chi connectivity index (χ1v) is 6.25. The minimum Gasteiger partial charge on any atom is -0.314 e. The number of anilines is 1. The van der Waals surface area contributed by atoms with Crippen LogP contribution in [0.1, 0.15) is 32.1 Å². The number of benzene rings is 1. The minimum atomic E-state index is -0.432. The molecule has 0 saturated heterocycles. The maximum absolute atomic E-state index is 13.3. The molecule has 2 amide bonds. The number of rotatable bonds is 2. The summed E-state index contributed by atoms with van der Waals surface area (Å²) in [6.45, 7) is 0. The zero-order chi connectivity index (χ0) is 12.8. The second-order valence-corrected chi connectivity index (χ2v) is 4.44. The number of hydrogen-bond acceptors (Lipinski definition) is 1. The number of allylic oxidation sites excluding steroid dienone is 1. The summed E-state index contributed by atoms with van der Waals surface area (Å²) in [5.41, 5.74) is 1.45. The third kappa shape index (κ3) is 3.58. The van der Waals surface area contributed by atoms with Gasteiger partial charge in [0.05, 0.1) is 5.69 Å². The number of halogens is 1. The average molecular weight is 248 g/mol. The Hall–Kier alpha value is -1.84.